The summed E-state index contributed by atoms with van der Waals surface area (Å²) in [5.74, 6) is -1.87. The SMILES string of the molecule is CCCN(CCC)C(=O)[C@@H](CCC(=O)[O-])NC(=O)c1ccccc1. The zero-order chi connectivity index (χ0) is 17.9. The Morgan fingerprint density at radius 3 is 2.17 bits per heavy atom. The summed E-state index contributed by atoms with van der Waals surface area (Å²) < 4.78 is 0. The van der Waals surface area contributed by atoms with Gasteiger partial charge in [0.2, 0.25) is 5.91 Å². The lowest BCUT2D eigenvalue weighted by atomic mass is 10.1. The molecular formula is C18H25N2O4-. The van der Waals surface area contributed by atoms with Gasteiger partial charge in [-0.3, -0.25) is 9.59 Å². The van der Waals surface area contributed by atoms with E-state index in [4.69, 9.17) is 0 Å². The van der Waals surface area contributed by atoms with E-state index in [2.05, 4.69) is 5.32 Å². The standard InChI is InChI=1S/C18H26N2O4/c1-3-12-20(13-4-2)18(24)15(10-11-16(21)22)19-17(23)14-8-6-5-7-9-14/h5-9,15H,3-4,10-13H2,1-2H3,(H,19,23)(H,21,22)/p-1/t15-/m1/s1. The van der Waals surface area contributed by atoms with Gasteiger partial charge in [0.1, 0.15) is 6.04 Å². The van der Waals surface area contributed by atoms with Crippen LogP contribution in [0.3, 0.4) is 0 Å². The molecule has 0 heterocycles. The second-order valence-corrected chi connectivity index (χ2v) is 5.63. The number of nitrogens with one attached hydrogen (secondary N) is 1. The third kappa shape index (κ3) is 6.40. The molecule has 1 rings (SSSR count). The highest BCUT2D eigenvalue weighted by atomic mass is 16.4. The van der Waals surface area contributed by atoms with Crippen LogP contribution in [-0.2, 0) is 9.59 Å². The van der Waals surface area contributed by atoms with Gasteiger partial charge in [-0.1, -0.05) is 32.0 Å². The Morgan fingerprint density at radius 1 is 1.08 bits per heavy atom. The summed E-state index contributed by atoms with van der Waals surface area (Å²) in [5.41, 5.74) is 0.432. The van der Waals surface area contributed by atoms with E-state index >= 15 is 0 Å². The Hall–Kier alpha value is -2.37. The molecule has 0 saturated carbocycles. The highest BCUT2D eigenvalue weighted by molar-refractivity contribution is 5.97. The molecule has 1 aromatic carbocycles. The molecule has 6 heteroatoms. The molecule has 0 unspecified atom stereocenters. The maximum absolute atomic E-state index is 12.7. The van der Waals surface area contributed by atoms with Crippen LogP contribution < -0.4 is 10.4 Å². The fourth-order valence-electron chi connectivity index (χ4n) is 2.44. The van der Waals surface area contributed by atoms with E-state index in [1.54, 1.807) is 35.2 Å². The topological polar surface area (TPSA) is 89.5 Å². The summed E-state index contributed by atoms with van der Waals surface area (Å²) in [4.78, 5) is 37.4. The van der Waals surface area contributed by atoms with E-state index in [0.717, 1.165) is 12.8 Å². The number of benzene rings is 1. The van der Waals surface area contributed by atoms with E-state index < -0.39 is 12.0 Å². The monoisotopic (exact) mass is 333 g/mol. The van der Waals surface area contributed by atoms with E-state index in [-0.39, 0.29) is 24.7 Å². The zero-order valence-corrected chi connectivity index (χ0v) is 14.3. The van der Waals surface area contributed by atoms with Gasteiger partial charge in [-0.25, -0.2) is 0 Å². The van der Waals surface area contributed by atoms with Gasteiger partial charge in [0, 0.05) is 24.6 Å². The van der Waals surface area contributed by atoms with Gasteiger partial charge in [0.25, 0.3) is 5.91 Å². The fourth-order valence-corrected chi connectivity index (χ4v) is 2.44. The molecule has 0 spiro atoms. The molecule has 24 heavy (non-hydrogen) atoms. The molecule has 1 aromatic rings. The van der Waals surface area contributed by atoms with Gasteiger partial charge >= 0.3 is 0 Å². The van der Waals surface area contributed by atoms with Crippen LogP contribution in [0.15, 0.2) is 30.3 Å². The largest absolute Gasteiger partial charge is 0.550 e. The number of hydrogen-bond acceptors (Lipinski definition) is 4. The maximum Gasteiger partial charge on any atom is 0.251 e. The summed E-state index contributed by atoms with van der Waals surface area (Å²) >= 11 is 0. The van der Waals surface area contributed by atoms with Gasteiger partial charge in [0.05, 0.1) is 0 Å². The Balaban J connectivity index is 2.87. The van der Waals surface area contributed by atoms with E-state index in [1.165, 1.54) is 0 Å². The normalized spacial score (nSPS) is 11.6. The first-order valence-corrected chi connectivity index (χ1v) is 8.34. The van der Waals surface area contributed by atoms with Crippen molar-refractivity contribution in [3.05, 3.63) is 35.9 Å². The predicted octanol–water partition coefficient (Wildman–Crippen LogP) is 0.964. The molecular weight excluding hydrogens is 308 g/mol. The second-order valence-electron chi connectivity index (χ2n) is 5.63. The lowest BCUT2D eigenvalue weighted by molar-refractivity contribution is -0.305. The molecule has 0 aromatic heterocycles. The van der Waals surface area contributed by atoms with E-state index in [1.807, 2.05) is 13.8 Å². The number of carbonyl (C=O) groups excluding carboxylic acids is 3. The van der Waals surface area contributed by atoms with E-state index in [0.29, 0.717) is 18.7 Å². The molecule has 6 nitrogen and oxygen atoms in total. The van der Waals surface area contributed by atoms with Crippen molar-refractivity contribution in [1.29, 1.82) is 0 Å². The Bertz CT molecular complexity index is 539. The summed E-state index contributed by atoms with van der Waals surface area (Å²) in [5, 5.41) is 13.4. The highest BCUT2D eigenvalue weighted by Gasteiger charge is 2.25. The van der Waals surface area contributed by atoms with Crippen molar-refractivity contribution in [2.75, 3.05) is 13.1 Å². The van der Waals surface area contributed by atoms with Crippen molar-refractivity contribution in [2.45, 2.75) is 45.6 Å². The van der Waals surface area contributed by atoms with Crippen LogP contribution in [0.1, 0.15) is 49.9 Å². The molecule has 132 valence electrons. The molecule has 0 bridgehead atoms. The van der Waals surface area contributed by atoms with Gasteiger partial charge < -0.3 is 20.1 Å². The Labute approximate surface area is 142 Å². The minimum atomic E-state index is -1.24. The average Bonchev–Trinajstić information content (AvgIpc) is 2.58. The van der Waals surface area contributed by atoms with Crippen LogP contribution in [0.25, 0.3) is 0 Å². The van der Waals surface area contributed by atoms with Crippen LogP contribution in [-0.4, -0.2) is 41.8 Å². The van der Waals surface area contributed by atoms with Gasteiger partial charge in [-0.05, 0) is 37.8 Å². The molecule has 0 aliphatic carbocycles. The van der Waals surface area contributed by atoms with Gasteiger partial charge in [0.15, 0.2) is 0 Å². The van der Waals surface area contributed by atoms with Crippen molar-refractivity contribution in [3.63, 3.8) is 0 Å². The molecule has 0 saturated heterocycles. The quantitative estimate of drug-likeness (QED) is 0.691. The number of carbonyl (C=O) groups is 3. The van der Waals surface area contributed by atoms with Crippen molar-refractivity contribution in [2.24, 2.45) is 0 Å². The first-order chi connectivity index (χ1) is 11.5. The number of carboxylic acid groups (broad SMARTS) is 1. The predicted molar refractivity (Wildman–Crippen MR) is 89.1 cm³/mol. The molecule has 0 aliphatic heterocycles. The molecule has 0 aliphatic rings. The third-order valence-corrected chi connectivity index (χ3v) is 3.58. The summed E-state index contributed by atoms with van der Waals surface area (Å²) in [6.45, 7) is 5.09. The minimum absolute atomic E-state index is 0.0175. The zero-order valence-electron chi connectivity index (χ0n) is 14.3. The molecule has 2 amide bonds. The van der Waals surface area contributed by atoms with Crippen LogP contribution in [0.4, 0.5) is 0 Å². The number of nitrogens with zero attached hydrogens (tertiary/aromatic N) is 1. The summed E-state index contributed by atoms with van der Waals surface area (Å²) in [7, 11) is 0. The summed E-state index contributed by atoms with van der Waals surface area (Å²) in [6.07, 6.45) is 1.33. The molecule has 0 fully saturated rings. The number of carboxylic acids is 1. The molecule has 0 radical (unpaired) electrons. The minimum Gasteiger partial charge on any atom is -0.550 e. The highest BCUT2D eigenvalue weighted by Crippen LogP contribution is 2.07. The lowest BCUT2D eigenvalue weighted by Crippen LogP contribution is -2.49. The van der Waals surface area contributed by atoms with Gasteiger partial charge in [-0.15, -0.1) is 0 Å². The smallest absolute Gasteiger partial charge is 0.251 e. The number of hydrogen-bond donors (Lipinski definition) is 1. The Kier molecular flexibility index (Phi) is 8.54. The van der Waals surface area contributed by atoms with Crippen LogP contribution >= 0.6 is 0 Å². The number of rotatable bonds is 10. The first-order valence-electron chi connectivity index (χ1n) is 8.34. The fraction of sp³-hybridized carbons (Fsp3) is 0.500. The first kappa shape index (κ1) is 19.7. The van der Waals surface area contributed by atoms with Crippen LogP contribution in [0, 0.1) is 0 Å². The number of amides is 2. The van der Waals surface area contributed by atoms with Crippen LogP contribution in [0.2, 0.25) is 0 Å². The molecule has 1 N–H and O–H groups in total. The number of aliphatic carboxylic acids is 1. The van der Waals surface area contributed by atoms with Crippen molar-refractivity contribution in [1.82, 2.24) is 10.2 Å². The summed E-state index contributed by atoms with van der Waals surface area (Å²) in [6, 6.07) is 7.67. The van der Waals surface area contributed by atoms with Crippen LogP contribution in [0.5, 0.6) is 0 Å². The average molecular weight is 333 g/mol. The van der Waals surface area contributed by atoms with E-state index in [9.17, 15) is 19.5 Å². The molecule has 1 atom stereocenters. The third-order valence-electron chi connectivity index (χ3n) is 3.58. The van der Waals surface area contributed by atoms with Crippen molar-refractivity contribution >= 4 is 17.8 Å². The van der Waals surface area contributed by atoms with Crippen molar-refractivity contribution in [3.8, 4) is 0 Å². The second kappa shape index (κ2) is 10.4. The van der Waals surface area contributed by atoms with Gasteiger partial charge in [-0.2, -0.15) is 0 Å². The lowest BCUT2D eigenvalue weighted by Gasteiger charge is -2.27. The Morgan fingerprint density at radius 2 is 1.67 bits per heavy atom. The van der Waals surface area contributed by atoms with Crippen molar-refractivity contribution < 1.29 is 19.5 Å². The maximum atomic E-state index is 12.7.